The molecule has 0 saturated heterocycles. The standard InChI is InChI=1S/C15H15ClN4O/c1-19-9-10-3-8-13(21)14(15(10)20(19)2)18-17-12-6-4-11(16)5-7-12/h3-8,21H,9H2,1-2H3. The molecule has 0 fully saturated rings. The summed E-state index contributed by atoms with van der Waals surface area (Å²) in [6.07, 6.45) is 0. The van der Waals surface area contributed by atoms with E-state index in [2.05, 4.69) is 10.2 Å². The number of phenols is 1. The van der Waals surface area contributed by atoms with Gasteiger partial charge in [-0.3, -0.25) is 0 Å². The number of rotatable bonds is 2. The van der Waals surface area contributed by atoms with Crippen molar-refractivity contribution in [3.05, 3.63) is 47.0 Å². The number of aromatic hydroxyl groups is 1. The first-order chi connectivity index (χ1) is 10.1. The molecule has 0 bridgehead atoms. The summed E-state index contributed by atoms with van der Waals surface area (Å²) < 4.78 is 0. The zero-order chi connectivity index (χ0) is 15.0. The van der Waals surface area contributed by atoms with Crippen LogP contribution in [0.1, 0.15) is 5.56 Å². The number of hydrazine groups is 1. The Bertz CT molecular complexity index is 700. The van der Waals surface area contributed by atoms with Crippen LogP contribution in [0.5, 0.6) is 5.75 Å². The molecule has 0 saturated carbocycles. The van der Waals surface area contributed by atoms with E-state index in [-0.39, 0.29) is 5.75 Å². The predicted molar refractivity (Wildman–Crippen MR) is 83.6 cm³/mol. The molecule has 108 valence electrons. The Morgan fingerprint density at radius 3 is 2.48 bits per heavy atom. The van der Waals surface area contributed by atoms with E-state index in [1.807, 2.05) is 30.2 Å². The Hall–Kier alpha value is -2.11. The van der Waals surface area contributed by atoms with Crippen LogP contribution >= 0.6 is 11.6 Å². The zero-order valence-electron chi connectivity index (χ0n) is 11.8. The smallest absolute Gasteiger partial charge is 0.152 e. The van der Waals surface area contributed by atoms with E-state index >= 15 is 0 Å². The van der Waals surface area contributed by atoms with Crippen LogP contribution in [0, 0.1) is 0 Å². The van der Waals surface area contributed by atoms with Crippen molar-refractivity contribution in [1.29, 1.82) is 0 Å². The highest BCUT2D eigenvalue weighted by Crippen LogP contribution is 2.44. The van der Waals surface area contributed by atoms with Gasteiger partial charge in [-0.05, 0) is 35.9 Å². The number of hydrogen-bond donors (Lipinski definition) is 1. The van der Waals surface area contributed by atoms with Crippen LogP contribution in [-0.4, -0.2) is 24.2 Å². The molecule has 0 spiro atoms. The van der Waals surface area contributed by atoms with Crippen LogP contribution in [0.25, 0.3) is 0 Å². The summed E-state index contributed by atoms with van der Waals surface area (Å²) in [5.41, 5.74) is 3.16. The minimum atomic E-state index is 0.119. The minimum Gasteiger partial charge on any atom is -0.506 e. The summed E-state index contributed by atoms with van der Waals surface area (Å²) in [5, 5.41) is 23.1. The molecule has 6 heteroatoms. The number of halogens is 1. The van der Waals surface area contributed by atoms with E-state index in [4.69, 9.17) is 11.6 Å². The maximum absolute atomic E-state index is 10.1. The molecule has 0 aliphatic carbocycles. The third-order valence-electron chi connectivity index (χ3n) is 3.54. The third kappa shape index (κ3) is 2.57. The summed E-state index contributed by atoms with van der Waals surface area (Å²) in [6, 6.07) is 10.6. The number of fused-ring (bicyclic) bond motifs is 1. The first-order valence-corrected chi connectivity index (χ1v) is 6.91. The van der Waals surface area contributed by atoms with Gasteiger partial charge in [-0.15, -0.1) is 5.11 Å². The lowest BCUT2D eigenvalue weighted by Crippen LogP contribution is -2.29. The van der Waals surface area contributed by atoms with Gasteiger partial charge >= 0.3 is 0 Å². The summed E-state index contributed by atoms with van der Waals surface area (Å²) >= 11 is 5.84. The fourth-order valence-electron chi connectivity index (χ4n) is 2.34. The van der Waals surface area contributed by atoms with E-state index in [1.54, 1.807) is 30.3 Å². The van der Waals surface area contributed by atoms with Crippen LogP contribution in [0.3, 0.4) is 0 Å². The van der Waals surface area contributed by atoms with Crippen LogP contribution in [-0.2, 0) is 6.54 Å². The molecule has 5 nitrogen and oxygen atoms in total. The van der Waals surface area contributed by atoms with Gasteiger partial charge in [-0.2, -0.15) is 5.11 Å². The average Bonchev–Trinajstić information content (AvgIpc) is 2.76. The van der Waals surface area contributed by atoms with E-state index in [0.29, 0.717) is 16.4 Å². The van der Waals surface area contributed by atoms with E-state index in [9.17, 15) is 5.11 Å². The number of anilines is 1. The first-order valence-electron chi connectivity index (χ1n) is 6.53. The van der Waals surface area contributed by atoms with Crippen molar-refractivity contribution in [3.8, 4) is 5.75 Å². The lowest BCUT2D eigenvalue weighted by Gasteiger charge is -2.22. The molecular formula is C15H15ClN4O. The van der Waals surface area contributed by atoms with Crippen LogP contribution in [0.2, 0.25) is 5.02 Å². The molecule has 0 aromatic heterocycles. The SMILES string of the molecule is CN1Cc2ccc(O)c(N=Nc3ccc(Cl)cc3)c2N1C. The first kappa shape index (κ1) is 13.9. The molecule has 1 aliphatic heterocycles. The number of hydrogen-bond acceptors (Lipinski definition) is 5. The fourth-order valence-corrected chi connectivity index (χ4v) is 2.46. The molecule has 1 N–H and O–H groups in total. The van der Waals surface area contributed by atoms with Crippen molar-refractivity contribution in [1.82, 2.24) is 5.01 Å². The molecule has 2 aromatic carbocycles. The minimum absolute atomic E-state index is 0.119. The lowest BCUT2D eigenvalue weighted by molar-refractivity contribution is 0.345. The van der Waals surface area contributed by atoms with Crippen molar-refractivity contribution in [2.75, 3.05) is 19.1 Å². The molecular weight excluding hydrogens is 288 g/mol. The van der Waals surface area contributed by atoms with Gasteiger partial charge in [0, 0.05) is 25.7 Å². The highest BCUT2D eigenvalue weighted by Gasteiger charge is 2.26. The predicted octanol–water partition coefficient (Wildman–Crippen LogP) is 4.26. The van der Waals surface area contributed by atoms with Crippen molar-refractivity contribution in [2.45, 2.75) is 6.54 Å². The van der Waals surface area contributed by atoms with Gasteiger partial charge in [0.15, 0.2) is 5.69 Å². The number of benzene rings is 2. The van der Waals surface area contributed by atoms with Crippen molar-refractivity contribution < 1.29 is 5.11 Å². The normalized spacial score (nSPS) is 14.9. The van der Waals surface area contributed by atoms with Gasteiger partial charge in [0.25, 0.3) is 0 Å². The number of azo groups is 1. The molecule has 1 aliphatic rings. The highest BCUT2D eigenvalue weighted by atomic mass is 35.5. The molecule has 0 radical (unpaired) electrons. The summed E-state index contributed by atoms with van der Waals surface area (Å²) in [6.45, 7) is 0.787. The molecule has 1 heterocycles. The Balaban J connectivity index is 2.00. The van der Waals surface area contributed by atoms with Crippen LogP contribution in [0.15, 0.2) is 46.6 Å². The average molecular weight is 303 g/mol. The molecule has 0 atom stereocenters. The fraction of sp³-hybridized carbons (Fsp3) is 0.200. The maximum atomic E-state index is 10.1. The topological polar surface area (TPSA) is 51.4 Å². The van der Waals surface area contributed by atoms with E-state index in [0.717, 1.165) is 17.8 Å². The third-order valence-corrected chi connectivity index (χ3v) is 3.79. The molecule has 21 heavy (non-hydrogen) atoms. The second kappa shape index (κ2) is 5.35. The Morgan fingerprint density at radius 1 is 1.05 bits per heavy atom. The Morgan fingerprint density at radius 2 is 1.76 bits per heavy atom. The second-order valence-corrected chi connectivity index (χ2v) is 5.39. The van der Waals surface area contributed by atoms with Gasteiger partial charge in [0.2, 0.25) is 0 Å². The van der Waals surface area contributed by atoms with Gasteiger partial charge in [-0.1, -0.05) is 17.7 Å². The van der Waals surface area contributed by atoms with E-state index < -0.39 is 0 Å². The van der Waals surface area contributed by atoms with Gasteiger partial charge in [0.05, 0.1) is 11.4 Å². The number of phenolic OH excluding ortho intramolecular Hbond substituents is 1. The van der Waals surface area contributed by atoms with E-state index in [1.165, 1.54) is 0 Å². The van der Waals surface area contributed by atoms with Gasteiger partial charge in [-0.25, -0.2) is 5.01 Å². The zero-order valence-corrected chi connectivity index (χ0v) is 12.5. The quantitative estimate of drug-likeness (QED) is 0.843. The Kier molecular flexibility index (Phi) is 3.53. The lowest BCUT2D eigenvalue weighted by atomic mass is 10.1. The Labute approximate surface area is 128 Å². The molecule has 3 rings (SSSR count). The van der Waals surface area contributed by atoms with Gasteiger partial charge in [0.1, 0.15) is 5.75 Å². The summed E-state index contributed by atoms with van der Waals surface area (Å²) in [7, 11) is 3.92. The molecule has 0 unspecified atom stereocenters. The van der Waals surface area contributed by atoms with Crippen molar-refractivity contribution in [3.63, 3.8) is 0 Å². The molecule has 0 amide bonds. The van der Waals surface area contributed by atoms with Gasteiger partial charge < -0.3 is 10.1 Å². The summed E-state index contributed by atoms with van der Waals surface area (Å²) in [5.74, 6) is 0.119. The van der Waals surface area contributed by atoms with Crippen LogP contribution < -0.4 is 5.01 Å². The monoisotopic (exact) mass is 302 g/mol. The van der Waals surface area contributed by atoms with Crippen molar-refractivity contribution in [2.24, 2.45) is 10.2 Å². The highest BCUT2D eigenvalue weighted by molar-refractivity contribution is 6.30. The second-order valence-electron chi connectivity index (χ2n) is 4.96. The summed E-state index contributed by atoms with van der Waals surface area (Å²) in [4.78, 5) is 0. The van der Waals surface area contributed by atoms with Crippen LogP contribution in [0.4, 0.5) is 17.1 Å². The maximum Gasteiger partial charge on any atom is 0.152 e. The largest absolute Gasteiger partial charge is 0.506 e. The van der Waals surface area contributed by atoms with Crippen molar-refractivity contribution >= 4 is 28.7 Å². The molecule has 2 aromatic rings. The number of nitrogens with zero attached hydrogens (tertiary/aromatic N) is 4.